The van der Waals surface area contributed by atoms with E-state index >= 15 is 0 Å². The lowest BCUT2D eigenvalue weighted by Gasteiger charge is -2.08. The second kappa shape index (κ2) is 7.23. The smallest absolute Gasteiger partial charge is 0.211 e. The van der Waals surface area contributed by atoms with Crippen molar-refractivity contribution >= 4 is 15.7 Å². The van der Waals surface area contributed by atoms with Crippen molar-refractivity contribution in [2.24, 2.45) is 0 Å². The van der Waals surface area contributed by atoms with Crippen LogP contribution in [0.25, 0.3) is 0 Å². The van der Waals surface area contributed by atoms with E-state index in [0.29, 0.717) is 17.9 Å². The summed E-state index contributed by atoms with van der Waals surface area (Å²) in [4.78, 5) is 0. The first-order valence-corrected chi connectivity index (χ1v) is 7.64. The second-order valence-corrected chi connectivity index (χ2v) is 5.91. The fraction of sp³-hybridized carbons (Fsp3) is 0.500. The summed E-state index contributed by atoms with van der Waals surface area (Å²) in [5, 5.41) is 0. The number of hydrogen-bond acceptors (Lipinski definition) is 4. The molecule has 0 aliphatic rings. The number of anilines is 1. The van der Waals surface area contributed by atoms with Crippen molar-refractivity contribution in [3.05, 3.63) is 24.3 Å². The first-order chi connectivity index (χ1) is 8.53. The van der Waals surface area contributed by atoms with Gasteiger partial charge in [-0.1, -0.05) is 19.4 Å². The number of nitrogens with two attached hydrogens (primary N) is 1. The van der Waals surface area contributed by atoms with Crippen LogP contribution in [-0.2, 0) is 10.0 Å². The van der Waals surface area contributed by atoms with E-state index in [0.717, 1.165) is 6.42 Å². The summed E-state index contributed by atoms with van der Waals surface area (Å²) in [6.07, 6.45) is 1.53. The van der Waals surface area contributed by atoms with Gasteiger partial charge in [0.25, 0.3) is 0 Å². The van der Waals surface area contributed by atoms with Crippen LogP contribution in [0.5, 0.6) is 5.75 Å². The standard InChI is InChI=1S/C12H20N2O3S/c1-2-3-9-18(15,16)14-7-8-17-12-6-4-5-11(13)10-12/h4-6,10,14H,2-3,7-9,13H2,1H3. The zero-order valence-electron chi connectivity index (χ0n) is 10.6. The average molecular weight is 272 g/mol. The Morgan fingerprint density at radius 2 is 2.17 bits per heavy atom. The number of ether oxygens (including phenoxy) is 1. The molecule has 18 heavy (non-hydrogen) atoms. The van der Waals surface area contributed by atoms with Gasteiger partial charge in [-0.2, -0.15) is 0 Å². The van der Waals surface area contributed by atoms with E-state index < -0.39 is 10.0 Å². The Morgan fingerprint density at radius 1 is 1.39 bits per heavy atom. The Bertz CT molecular complexity index is 460. The van der Waals surface area contributed by atoms with E-state index in [1.807, 2.05) is 6.92 Å². The third-order valence-corrected chi connectivity index (χ3v) is 3.79. The van der Waals surface area contributed by atoms with Crippen LogP contribution in [0.3, 0.4) is 0 Å². The van der Waals surface area contributed by atoms with Crippen molar-refractivity contribution < 1.29 is 13.2 Å². The van der Waals surface area contributed by atoms with Crippen molar-refractivity contribution in [2.45, 2.75) is 19.8 Å². The highest BCUT2D eigenvalue weighted by Crippen LogP contribution is 2.13. The molecular formula is C12H20N2O3S. The molecule has 1 aromatic carbocycles. The average Bonchev–Trinajstić information content (AvgIpc) is 2.32. The predicted molar refractivity (Wildman–Crippen MR) is 73.0 cm³/mol. The molecule has 0 aliphatic carbocycles. The van der Waals surface area contributed by atoms with Gasteiger partial charge in [-0.15, -0.1) is 0 Å². The number of hydrogen-bond donors (Lipinski definition) is 2. The molecule has 0 spiro atoms. The van der Waals surface area contributed by atoms with Crippen LogP contribution >= 0.6 is 0 Å². The van der Waals surface area contributed by atoms with E-state index in [1.54, 1.807) is 24.3 Å². The van der Waals surface area contributed by atoms with Gasteiger partial charge in [0, 0.05) is 18.3 Å². The Morgan fingerprint density at radius 3 is 2.83 bits per heavy atom. The zero-order chi connectivity index (χ0) is 13.4. The molecule has 102 valence electrons. The van der Waals surface area contributed by atoms with Gasteiger partial charge in [0.1, 0.15) is 12.4 Å². The fourth-order valence-corrected chi connectivity index (χ4v) is 2.58. The SMILES string of the molecule is CCCCS(=O)(=O)NCCOc1cccc(N)c1. The third kappa shape index (κ3) is 5.88. The molecule has 0 fully saturated rings. The molecule has 6 heteroatoms. The van der Waals surface area contributed by atoms with Gasteiger partial charge in [-0.3, -0.25) is 0 Å². The third-order valence-electron chi connectivity index (χ3n) is 2.32. The van der Waals surface area contributed by atoms with Crippen LogP contribution in [0.15, 0.2) is 24.3 Å². The highest BCUT2D eigenvalue weighted by molar-refractivity contribution is 7.89. The Hall–Kier alpha value is -1.27. The molecule has 0 unspecified atom stereocenters. The monoisotopic (exact) mass is 272 g/mol. The molecule has 3 N–H and O–H groups in total. The Labute approximate surface area is 108 Å². The maximum absolute atomic E-state index is 11.5. The summed E-state index contributed by atoms with van der Waals surface area (Å²) in [6.45, 7) is 2.51. The van der Waals surface area contributed by atoms with Crippen LogP contribution in [0.4, 0.5) is 5.69 Å². The number of unbranched alkanes of at least 4 members (excludes halogenated alkanes) is 1. The molecule has 0 saturated heterocycles. The van der Waals surface area contributed by atoms with Gasteiger partial charge in [0.2, 0.25) is 10.0 Å². The van der Waals surface area contributed by atoms with Crippen LogP contribution in [-0.4, -0.2) is 27.3 Å². The molecule has 5 nitrogen and oxygen atoms in total. The Kier molecular flexibility index (Phi) is 5.94. The second-order valence-electron chi connectivity index (χ2n) is 3.99. The minimum atomic E-state index is -3.16. The maximum Gasteiger partial charge on any atom is 0.211 e. The lowest BCUT2D eigenvalue weighted by atomic mass is 10.3. The molecule has 0 aliphatic heterocycles. The molecular weight excluding hydrogens is 252 g/mol. The molecule has 0 atom stereocenters. The summed E-state index contributed by atoms with van der Waals surface area (Å²) in [7, 11) is -3.16. The van der Waals surface area contributed by atoms with Crippen LogP contribution in [0.1, 0.15) is 19.8 Å². The number of nitrogens with one attached hydrogen (secondary N) is 1. The summed E-state index contributed by atoms with van der Waals surface area (Å²) in [6, 6.07) is 7.03. The van der Waals surface area contributed by atoms with Crippen molar-refractivity contribution in [3.63, 3.8) is 0 Å². The van der Waals surface area contributed by atoms with Crippen LogP contribution < -0.4 is 15.2 Å². The molecule has 0 heterocycles. The van der Waals surface area contributed by atoms with Crippen molar-refractivity contribution in [2.75, 3.05) is 24.6 Å². The lowest BCUT2D eigenvalue weighted by Crippen LogP contribution is -2.30. The van der Waals surface area contributed by atoms with Crippen LogP contribution in [0, 0.1) is 0 Å². The lowest BCUT2D eigenvalue weighted by molar-refractivity contribution is 0.323. The first-order valence-electron chi connectivity index (χ1n) is 5.99. The van der Waals surface area contributed by atoms with Crippen molar-refractivity contribution in [1.82, 2.24) is 4.72 Å². The summed E-state index contributed by atoms with van der Waals surface area (Å²) in [5.74, 6) is 0.810. The zero-order valence-corrected chi connectivity index (χ0v) is 11.4. The van der Waals surface area contributed by atoms with E-state index in [1.165, 1.54) is 0 Å². The molecule has 0 aromatic heterocycles. The predicted octanol–water partition coefficient (Wildman–Crippen LogP) is 1.37. The Balaban J connectivity index is 2.26. The van der Waals surface area contributed by atoms with Crippen molar-refractivity contribution in [3.8, 4) is 5.75 Å². The van der Waals surface area contributed by atoms with Gasteiger partial charge in [-0.25, -0.2) is 13.1 Å². The molecule has 1 aromatic rings. The van der Waals surface area contributed by atoms with E-state index in [4.69, 9.17) is 10.5 Å². The van der Waals surface area contributed by atoms with E-state index in [-0.39, 0.29) is 18.9 Å². The number of rotatable bonds is 8. The minimum absolute atomic E-state index is 0.168. The largest absolute Gasteiger partial charge is 0.492 e. The molecule has 0 amide bonds. The highest BCUT2D eigenvalue weighted by Gasteiger charge is 2.07. The highest BCUT2D eigenvalue weighted by atomic mass is 32.2. The van der Waals surface area contributed by atoms with Gasteiger partial charge < -0.3 is 10.5 Å². The number of sulfonamides is 1. The van der Waals surface area contributed by atoms with Crippen LogP contribution in [0.2, 0.25) is 0 Å². The fourth-order valence-electron chi connectivity index (χ4n) is 1.38. The van der Waals surface area contributed by atoms with E-state index in [2.05, 4.69) is 4.72 Å². The molecule has 1 rings (SSSR count). The summed E-state index contributed by atoms with van der Waals surface area (Å²) >= 11 is 0. The van der Waals surface area contributed by atoms with Gasteiger partial charge in [0.15, 0.2) is 0 Å². The molecule has 0 radical (unpaired) electrons. The minimum Gasteiger partial charge on any atom is -0.492 e. The van der Waals surface area contributed by atoms with Gasteiger partial charge in [-0.05, 0) is 18.6 Å². The maximum atomic E-state index is 11.5. The van der Waals surface area contributed by atoms with E-state index in [9.17, 15) is 8.42 Å². The molecule has 0 bridgehead atoms. The number of nitrogen functional groups attached to an aromatic ring is 1. The summed E-state index contributed by atoms with van der Waals surface area (Å²) < 4.78 is 30.8. The first kappa shape index (κ1) is 14.8. The van der Waals surface area contributed by atoms with Crippen molar-refractivity contribution in [1.29, 1.82) is 0 Å². The quantitative estimate of drug-likeness (QED) is 0.553. The molecule has 0 saturated carbocycles. The normalized spacial score (nSPS) is 11.4. The summed E-state index contributed by atoms with van der Waals surface area (Å²) in [5.41, 5.74) is 6.22. The van der Waals surface area contributed by atoms with Gasteiger partial charge in [0.05, 0.1) is 5.75 Å². The number of benzene rings is 1. The topological polar surface area (TPSA) is 81.4 Å². The van der Waals surface area contributed by atoms with Gasteiger partial charge >= 0.3 is 0 Å².